The van der Waals surface area contributed by atoms with Gasteiger partial charge in [-0.25, -0.2) is 0 Å². The average Bonchev–Trinajstić information content (AvgIpc) is 2.76. The van der Waals surface area contributed by atoms with Gasteiger partial charge in [-0.3, -0.25) is 67.1 Å². The fraction of sp³-hybridized carbons (Fsp3) is 0.767. The fourth-order valence-corrected chi connectivity index (χ4v) is 9.25. The van der Waals surface area contributed by atoms with E-state index in [0.717, 1.165) is 0 Å². The number of unbranched alkanes of at least 4 members (excludes halogenated alkanes) is 2. The minimum absolute atomic E-state index is 0.0200. The smallest absolute Gasteiger partial charge is 0.245 e. The molecule has 0 saturated heterocycles. The first kappa shape index (κ1) is 84.4. The molecule has 0 aromatic carbocycles. The summed E-state index contributed by atoms with van der Waals surface area (Å²) in [5.41, 5.74) is 27.8. The summed E-state index contributed by atoms with van der Waals surface area (Å²) >= 11 is 0. The highest BCUT2D eigenvalue weighted by molar-refractivity contribution is 5.99. The molecule has 0 spiro atoms. The maximum absolute atomic E-state index is 14.0. The lowest BCUT2D eigenvalue weighted by molar-refractivity contribution is -0.135. The van der Waals surface area contributed by atoms with Gasteiger partial charge >= 0.3 is 0 Å². The number of rotatable bonds is 47. The summed E-state index contributed by atoms with van der Waals surface area (Å²) in [5.74, 6) is -12.9. The third-order valence-corrected chi connectivity index (χ3v) is 14.5. The fourth-order valence-electron chi connectivity index (χ4n) is 9.25. The van der Waals surface area contributed by atoms with Gasteiger partial charge in [0.05, 0.1) is 38.7 Å². The summed E-state index contributed by atoms with van der Waals surface area (Å²) in [6, 6.07) is -12.4. The number of carbonyl (C=O) groups excluding carboxylic acids is 14. The van der Waals surface area contributed by atoms with Gasteiger partial charge in [-0.1, -0.05) is 89.5 Å². The molecule has 0 aromatic heterocycles. The number of carbonyl (C=O) groups is 14. The number of aliphatic hydroxyl groups is 1. The summed E-state index contributed by atoms with van der Waals surface area (Å²) in [6.45, 7) is 18.7. The highest BCUT2D eigenvalue weighted by Crippen LogP contribution is 2.15. The van der Waals surface area contributed by atoms with Gasteiger partial charge in [0, 0.05) is 0 Å². The molecule has 0 aliphatic heterocycles. The van der Waals surface area contributed by atoms with E-state index in [1.54, 1.807) is 69.2 Å². The lowest BCUT2D eigenvalue weighted by atomic mass is 9.96. The predicted octanol–water partition coefficient (Wildman–Crippen LogP) is -4.48. The molecule has 0 heterocycles. The number of hydrogen-bond donors (Lipinski definition) is 18. The van der Waals surface area contributed by atoms with Crippen molar-refractivity contribution in [1.29, 1.82) is 0 Å². The van der Waals surface area contributed by atoms with E-state index in [2.05, 4.69) is 63.8 Å². The quantitative estimate of drug-likeness (QED) is 0.0256. The Labute approximate surface area is 541 Å². The minimum atomic E-state index is -1.64. The molecule has 0 rings (SSSR count). The van der Waals surface area contributed by atoms with Gasteiger partial charge in [0.15, 0.2) is 0 Å². The third-order valence-electron chi connectivity index (χ3n) is 14.5. The molecule has 0 aromatic rings. The molecule has 0 bridgehead atoms. The summed E-state index contributed by atoms with van der Waals surface area (Å²) in [4.78, 5) is 185. The van der Waals surface area contributed by atoms with E-state index in [1.165, 1.54) is 0 Å². The Hall–Kier alpha value is -7.58. The van der Waals surface area contributed by atoms with E-state index >= 15 is 0 Å². The molecular formula is C60H111N17O15. The van der Waals surface area contributed by atoms with Crippen LogP contribution in [0.5, 0.6) is 0 Å². The summed E-state index contributed by atoms with van der Waals surface area (Å²) < 4.78 is 0. The second-order valence-corrected chi connectivity index (χ2v) is 25.3. The molecule has 0 aliphatic rings. The zero-order valence-corrected chi connectivity index (χ0v) is 56.0. The van der Waals surface area contributed by atoms with Crippen LogP contribution in [0.3, 0.4) is 0 Å². The number of aliphatic hydroxyl groups excluding tert-OH is 1. The molecular weight excluding hydrogens is 1200 g/mol. The maximum atomic E-state index is 14.0. The Bertz CT molecular complexity index is 2430. The second kappa shape index (κ2) is 44.8. The number of primary amides is 2. The Morgan fingerprint density at radius 1 is 0.380 bits per heavy atom. The van der Waals surface area contributed by atoms with E-state index < -0.39 is 188 Å². The van der Waals surface area contributed by atoms with Gasteiger partial charge in [0.25, 0.3) is 0 Å². The number of nitrogens with one attached hydrogen (secondary N) is 12. The van der Waals surface area contributed by atoms with E-state index in [1.807, 2.05) is 13.8 Å². The maximum Gasteiger partial charge on any atom is 0.245 e. The molecule has 32 heteroatoms. The van der Waals surface area contributed by atoms with Gasteiger partial charge in [-0.15, -0.1) is 0 Å². The Morgan fingerprint density at radius 3 is 1.18 bits per heavy atom. The van der Waals surface area contributed by atoms with Gasteiger partial charge in [0.2, 0.25) is 82.7 Å². The second-order valence-electron chi connectivity index (χ2n) is 25.3. The van der Waals surface area contributed by atoms with Crippen molar-refractivity contribution in [2.45, 2.75) is 221 Å². The molecule has 23 N–H and O–H groups in total. The summed E-state index contributed by atoms with van der Waals surface area (Å²) in [7, 11) is 0. The third kappa shape index (κ3) is 34.7. The largest absolute Gasteiger partial charge is 0.394 e. The van der Waals surface area contributed by atoms with Crippen molar-refractivity contribution >= 4 is 82.7 Å². The SMILES string of the molecule is CC[C@H](C)[C@H](NC(=O)CNC(=O)CNC(=O)[C@H](CC(C)C)NC(=O)[C@H](CC(C)C)NC(=O)[C@H](CO)NC(=O)CNC(=O)[C@@H](NC(=O)[C@H](CC(C)C)NC(=O)[C@@H](N)CC(N)=O)C(C)C)C(=O)N[C@@H](CC(C)C)C(=O)N[C@@H](CCCCN)C(=O)N[C@@H](CCCCN)C(N)=O. The van der Waals surface area contributed by atoms with E-state index in [-0.39, 0.29) is 62.2 Å². The van der Waals surface area contributed by atoms with Gasteiger partial charge < -0.3 is 97.6 Å². The predicted molar refractivity (Wildman–Crippen MR) is 342 cm³/mol. The molecule has 0 saturated carbocycles. The molecule has 14 amide bonds. The van der Waals surface area contributed by atoms with Crippen molar-refractivity contribution in [3.05, 3.63) is 0 Å². The number of hydrogen-bond acceptors (Lipinski definition) is 18. The molecule has 0 radical (unpaired) electrons. The van der Waals surface area contributed by atoms with Crippen molar-refractivity contribution in [1.82, 2.24) is 63.8 Å². The van der Waals surface area contributed by atoms with Crippen LogP contribution in [-0.4, -0.2) is 188 Å². The zero-order chi connectivity index (χ0) is 70.5. The van der Waals surface area contributed by atoms with Crippen LogP contribution >= 0.6 is 0 Å². The van der Waals surface area contributed by atoms with Gasteiger partial charge in [-0.05, 0) is 113 Å². The number of nitrogens with two attached hydrogens (primary N) is 5. The molecule has 0 fully saturated rings. The topological polar surface area (TPSA) is 534 Å². The Balaban J connectivity index is 5.99. The lowest BCUT2D eigenvalue weighted by Gasteiger charge is -2.28. The Kier molecular flexibility index (Phi) is 41.1. The monoisotopic (exact) mass is 1310 g/mol. The van der Waals surface area contributed by atoms with Crippen LogP contribution in [0.1, 0.15) is 160 Å². The van der Waals surface area contributed by atoms with Crippen LogP contribution in [0.2, 0.25) is 0 Å². The molecule has 11 atom stereocenters. The van der Waals surface area contributed by atoms with Crippen LogP contribution in [-0.2, 0) is 67.1 Å². The van der Waals surface area contributed by atoms with Crippen LogP contribution in [0.15, 0.2) is 0 Å². The normalized spacial score (nSPS) is 14.9. The zero-order valence-electron chi connectivity index (χ0n) is 56.0. The first-order valence-corrected chi connectivity index (χ1v) is 31.9. The average molecular weight is 1310 g/mol. The minimum Gasteiger partial charge on any atom is -0.394 e. The lowest BCUT2D eigenvalue weighted by Crippen LogP contribution is -2.59. The van der Waals surface area contributed by atoms with Gasteiger partial charge in [-0.2, -0.15) is 0 Å². The van der Waals surface area contributed by atoms with Crippen LogP contribution < -0.4 is 92.5 Å². The first-order valence-electron chi connectivity index (χ1n) is 31.9. The van der Waals surface area contributed by atoms with Crippen molar-refractivity contribution in [2.75, 3.05) is 39.3 Å². The van der Waals surface area contributed by atoms with Crippen molar-refractivity contribution in [3.8, 4) is 0 Å². The van der Waals surface area contributed by atoms with Crippen LogP contribution in [0, 0.1) is 35.5 Å². The van der Waals surface area contributed by atoms with Crippen molar-refractivity contribution in [3.63, 3.8) is 0 Å². The molecule has 32 nitrogen and oxygen atoms in total. The highest BCUT2D eigenvalue weighted by Gasteiger charge is 2.36. The summed E-state index contributed by atoms with van der Waals surface area (Å²) in [5, 5.41) is 40.6. The van der Waals surface area contributed by atoms with Crippen LogP contribution in [0.4, 0.5) is 0 Å². The number of amides is 14. The molecule has 0 unspecified atom stereocenters. The first-order chi connectivity index (χ1) is 43.0. The summed E-state index contributed by atoms with van der Waals surface area (Å²) in [6.07, 6.45) is 2.78. The van der Waals surface area contributed by atoms with E-state index in [4.69, 9.17) is 28.7 Å². The van der Waals surface area contributed by atoms with Crippen molar-refractivity contribution in [2.24, 2.45) is 64.2 Å². The standard InChI is InChI=1S/C60H111N17O15/c1-13-36(12)50(60(92)75-42(24-33(6)7)55(87)71-39(19-15-17-21-62)54(86)70-38(51(65)83)18-14-16-20-61)76-48(82)28-66-46(80)27-67-53(85)40(22-31(2)3)73-56(88)41(23-32(4)5)74-58(90)44(30-78)69-47(81)29-68-59(91)49(35(10)11)77-57(89)43(25-34(8)9)72-52(84)37(63)26-45(64)79/h31-44,49-50,78H,13-30,61-63H2,1-12H3,(H2,64,79)(H2,65,83)(H,66,80)(H,67,85)(H,68,91)(H,69,81)(H,70,86)(H,71,87)(H,72,84)(H,73,88)(H,74,90)(H,75,92)(H,76,82)(H,77,89)/t36-,37-,38-,39-,40-,41-,42-,43-,44-,49-,50-/m0/s1. The van der Waals surface area contributed by atoms with Crippen molar-refractivity contribution < 1.29 is 72.2 Å². The molecule has 92 heavy (non-hydrogen) atoms. The van der Waals surface area contributed by atoms with E-state index in [9.17, 15) is 72.2 Å². The van der Waals surface area contributed by atoms with E-state index in [0.29, 0.717) is 45.2 Å². The molecule has 0 aliphatic carbocycles. The Morgan fingerprint density at radius 2 is 0.750 bits per heavy atom. The van der Waals surface area contributed by atoms with Gasteiger partial charge in [0.1, 0.15) is 54.4 Å². The highest BCUT2D eigenvalue weighted by atomic mass is 16.3. The van der Waals surface area contributed by atoms with Crippen LogP contribution in [0.25, 0.3) is 0 Å². The molecule has 526 valence electrons.